The molecular formula is C9H17NOS. The SMILES string of the molecule is CNC(C(C)=O)C1CCCCS1. The highest BCUT2D eigenvalue weighted by atomic mass is 32.2. The molecule has 0 aromatic heterocycles. The first-order valence-electron chi connectivity index (χ1n) is 4.55. The number of Topliss-reactive ketones (excluding diaryl/α,β-unsaturated/α-hetero) is 1. The molecule has 1 heterocycles. The molecule has 0 aromatic carbocycles. The van der Waals surface area contributed by atoms with Crippen molar-refractivity contribution in [3.8, 4) is 0 Å². The number of ketones is 1. The van der Waals surface area contributed by atoms with Crippen molar-refractivity contribution in [1.29, 1.82) is 0 Å². The van der Waals surface area contributed by atoms with Crippen LogP contribution >= 0.6 is 11.8 Å². The van der Waals surface area contributed by atoms with Crippen LogP contribution in [0.4, 0.5) is 0 Å². The normalized spacial score (nSPS) is 26.7. The minimum Gasteiger partial charge on any atom is -0.310 e. The van der Waals surface area contributed by atoms with E-state index in [1.807, 2.05) is 18.8 Å². The maximum absolute atomic E-state index is 11.2. The summed E-state index contributed by atoms with van der Waals surface area (Å²) in [6, 6.07) is 0.0790. The second-order valence-electron chi connectivity index (χ2n) is 3.28. The number of thioether (sulfide) groups is 1. The summed E-state index contributed by atoms with van der Waals surface area (Å²) in [5, 5.41) is 3.62. The van der Waals surface area contributed by atoms with Crippen LogP contribution in [0.3, 0.4) is 0 Å². The van der Waals surface area contributed by atoms with Crippen LogP contribution in [0.15, 0.2) is 0 Å². The first-order valence-corrected chi connectivity index (χ1v) is 5.60. The van der Waals surface area contributed by atoms with Crippen LogP contribution in [-0.2, 0) is 4.79 Å². The molecule has 2 unspecified atom stereocenters. The molecule has 1 aliphatic heterocycles. The van der Waals surface area contributed by atoms with Crippen LogP contribution in [0, 0.1) is 0 Å². The molecule has 2 atom stereocenters. The molecule has 1 rings (SSSR count). The van der Waals surface area contributed by atoms with Gasteiger partial charge in [0.25, 0.3) is 0 Å². The Kier molecular flexibility index (Phi) is 4.09. The highest BCUT2D eigenvalue weighted by molar-refractivity contribution is 8.00. The van der Waals surface area contributed by atoms with Crippen LogP contribution < -0.4 is 5.32 Å². The zero-order valence-corrected chi connectivity index (χ0v) is 8.62. The van der Waals surface area contributed by atoms with Crippen molar-refractivity contribution in [2.24, 2.45) is 0 Å². The smallest absolute Gasteiger partial charge is 0.147 e. The minimum absolute atomic E-state index is 0.0790. The average Bonchev–Trinajstić information content (AvgIpc) is 2.07. The average molecular weight is 187 g/mol. The zero-order valence-electron chi connectivity index (χ0n) is 7.80. The molecule has 2 nitrogen and oxygen atoms in total. The van der Waals surface area contributed by atoms with Gasteiger partial charge in [0.15, 0.2) is 0 Å². The van der Waals surface area contributed by atoms with Gasteiger partial charge >= 0.3 is 0 Å². The van der Waals surface area contributed by atoms with E-state index >= 15 is 0 Å². The summed E-state index contributed by atoms with van der Waals surface area (Å²) in [4.78, 5) is 11.2. The van der Waals surface area contributed by atoms with E-state index in [1.54, 1.807) is 6.92 Å². The third-order valence-electron chi connectivity index (χ3n) is 2.34. The number of rotatable bonds is 3. The summed E-state index contributed by atoms with van der Waals surface area (Å²) in [6.07, 6.45) is 3.79. The largest absolute Gasteiger partial charge is 0.310 e. The van der Waals surface area contributed by atoms with E-state index in [9.17, 15) is 4.79 Å². The van der Waals surface area contributed by atoms with Crippen molar-refractivity contribution in [2.75, 3.05) is 12.8 Å². The Labute approximate surface area is 78.5 Å². The highest BCUT2D eigenvalue weighted by Crippen LogP contribution is 2.27. The second kappa shape index (κ2) is 4.87. The fourth-order valence-electron chi connectivity index (χ4n) is 1.68. The third-order valence-corrected chi connectivity index (χ3v) is 3.80. The number of hydrogen-bond acceptors (Lipinski definition) is 3. The molecule has 0 amide bonds. The lowest BCUT2D eigenvalue weighted by molar-refractivity contribution is -0.118. The molecule has 0 radical (unpaired) electrons. The molecule has 0 aromatic rings. The van der Waals surface area contributed by atoms with Crippen molar-refractivity contribution >= 4 is 17.5 Å². The van der Waals surface area contributed by atoms with Crippen molar-refractivity contribution in [3.05, 3.63) is 0 Å². The quantitative estimate of drug-likeness (QED) is 0.725. The molecule has 0 aliphatic carbocycles. The van der Waals surface area contributed by atoms with E-state index in [1.165, 1.54) is 25.0 Å². The highest BCUT2D eigenvalue weighted by Gasteiger charge is 2.25. The molecule has 0 saturated carbocycles. The Bertz CT molecular complexity index is 155. The molecule has 70 valence electrons. The Morgan fingerprint density at radius 3 is 2.75 bits per heavy atom. The van der Waals surface area contributed by atoms with E-state index in [-0.39, 0.29) is 11.8 Å². The fraction of sp³-hybridized carbons (Fsp3) is 0.889. The number of likely N-dealkylation sites (N-methyl/N-ethyl adjacent to an activating group) is 1. The van der Waals surface area contributed by atoms with E-state index < -0.39 is 0 Å². The molecule has 1 N–H and O–H groups in total. The van der Waals surface area contributed by atoms with E-state index in [2.05, 4.69) is 5.32 Å². The molecular weight excluding hydrogens is 170 g/mol. The van der Waals surface area contributed by atoms with Crippen molar-refractivity contribution in [1.82, 2.24) is 5.32 Å². The van der Waals surface area contributed by atoms with Gasteiger partial charge in [-0.2, -0.15) is 11.8 Å². The molecule has 3 heteroatoms. The zero-order chi connectivity index (χ0) is 8.97. The topological polar surface area (TPSA) is 29.1 Å². The minimum atomic E-state index is 0.0790. The summed E-state index contributed by atoms with van der Waals surface area (Å²) in [5.74, 6) is 1.49. The van der Waals surface area contributed by atoms with Gasteiger partial charge in [-0.15, -0.1) is 0 Å². The van der Waals surface area contributed by atoms with Gasteiger partial charge in [-0.05, 0) is 32.6 Å². The van der Waals surface area contributed by atoms with Crippen molar-refractivity contribution in [2.45, 2.75) is 37.5 Å². The molecule has 12 heavy (non-hydrogen) atoms. The van der Waals surface area contributed by atoms with Gasteiger partial charge in [0, 0.05) is 5.25 Å². The molecule has 0 spiro atoms. The Morgan fingerprint density at radius 2 is 2.33 bits per heavy atom. The molecule has 1 fully saturated rings. The number of carbonyl (C=O) groups is 1. The predicted molar refractivity (Wildman–Crippen MR) is 53.6 cm³/mol. The Hall–Kier alpha value is -0.0200. The third kappa shape index (κ3) is 2.49. The molecule has 1 aliphatic rings. The van der Waals surface area contributed by atoms with Gasteiger partial charge in [-0.25, -0.2) is 0 Å². The van der Waals surface area contributed by atoms with E-state index in [0.29, 0.717) is 5.25 Å². The Balaban J connectivity index is 2.46. The van der Waals surface area contributed by atoms with E-state index in [4.69, 9.17) is 0 Å². The first-order chi connectivity index (χ1) is 5.75. The summed E-state index contributed by atoms with van der Waals surface area (Å²) in [6.45, 7) is 1.68. The summed E-state index contributed by atoms with van der Waals surface area (Å²) in [5.41, 5.74) is 0. The lowest BCUT2D eigenvalue weighted by Gasteiger charge is -2.27. The maximum Gasteiger partial charge on any atom is 0.147 e. The van der Waals surface area contributed by atoms with Crippen LogP contribution in [-0.4, -0.2) is 29.9 Å². The lowest BCUT2D eigenvalue weighted by atomic mass is 10.0. The van der Waals surface area contributed by atoms with Crippen molar-refractivity contribution < 1.29 is 4.79 Å². The van der Waals surface area contributed by atoms with Gasteiger partial charge in [-0.1, -0.05) is 6.42 Å². The Morgan fingerprint density at radius 1 is 1.58 bits per heavy atom. The first kappa shape index (κ1) is 10.1. The lowest BCUT2D eigenvalue weighted by Crippen LogP contribution is -2.42. The number of nitrogens with one attached hydrogen (secondary N) is 1. The summed E-state index contributed by atoms with van der Waals surface area (Å²) in [7, 11) is 1.88. The summed E-state index contributed by atoms with van der Waals surface area (Å²) >= 11 is 1.94. The van der Waals surface area contributed by atoms with Crippen molar-refractivity contribution in [3.63, 3.8) is 0 Å². The van der Waals surface area contributed by atoms with Crippen LogP contribution in [0.5, 0.6) is 0 Å². The van der Waals surface area contributed by atoms with E-state index in [0.717, 1.165) is 0 Å². The van der Waals surface area contributed by atoms with Crippen LogP contribution in [0.25, 0.3) is 0 Å². The van der Waals surface area contributed by atoms with Gasteiger partial charge < -0.3 is 5.32 Å². The molecule has 0 bridgehead atoms. The molecule has 1 saturated heterocycles. The monoisotopic (exact) mass is 187 g/mol. The number of hydrogen-bond donors (Lipinski definition) is 1. The predicted octanol–water partition coefficient (Wildman–Crippen LogP) is 1.45. The van der Waals surface area contributed by atoms with Gasteiger partial charge in [-0.3, -0.25) is 4.79 Å². The fourth-order valence-corrected chi connectivity index (χ4v) is 3.21. The van der Waals surface area contributed by atoms with Gasteiger partial charge in [0.1, 0.15) is 5.78 Å². The standard InChI is InChI=1S/C9H17NOS/c1-7(11)9(10-2)8-5-3-4-6-12-8/h8-10H,3-6H2,1-2H3. The van der Waals surface area contributed by atoms with Crippen LogP contribution in [0.2, 0.25) is 0 Å². The maximum atomic E-state index is 11.2. The second-order valence-corrected chi connectivity index (χ2v) is 4.63. The van der Waals surface area contributed by atoms with Gasteiger partial charge in [0.2, 0.25) is 0 Å². The number of carbonyl (C=O) groups excluding carboxylic acids is 1. The summed E-state index contributed by atoms with van der Waals surface area (Å²) < 4.78 is 0. The van der Waals surface area contributed by atoms with Crippen LogP contribution in [0.1, 0.15) is 26.2 Å². The van der Waals surface area contributed by atoms with Gasteiger partial charge in [0.05, 0.1) is 6.04 Å².